The summed E-state index contributed by atoms with van der Waals surface area (Å²) in [6.45, 7) is 4.75. The highest BCUT2D eigenvalue weighted by Crippen LogP contribution is 2.74. The van der Waals surface area contributed by atoms with Crippen molar-refractivity contribution in [3.05, 3.63) is 475 Å². The Labute approximate surface area is 858 Å². The van der Waals surface area contributed by atoms with Crippen LogP contribution in [-0.2, 0) is 21.7 Å². The predicted molar refractivity (Wildman–Crippen MR) is 609 cm³/mol. The summed E-state index contributed by atoms with van der Waals surface area (Å²) in [5.74, 6) is 10.3. The summed E-state index contributed by atoms with van der Waals surface area (Å²) in [7, 11) is 0. The molecule has 20 aromatic carbocycles. The van der Waals surface area contributed by atoms with Gasteiger partial charge in [0.2, 0.25) is 0 Å². The lowest BCUT2D eigenvalue weighted by Gasteiger charge is -2.61. The average molecular weight is 1880 g/mol. The highest BCUT2D eigenvalue weighted by molar-refractivity contribution is 6.06. The quantitative estimate of drug-likeness (QED) is 0.128. The number of hydrogen-bond acceptors (Lipinski definition) is 3. The molecule has 146 heavy (non-hydrogen) atoms. The average Bonchev–Trinajstić information content (AvgIpc) is 1.51. The van der Waals surface area contributed by atoms with Crippen LogP contribution in [0.5, 0.6) is 0 Å². The molecule has 3 nitrogen and oxygen atoms in total. The van der Waals surface area contributed by atoms with Crippen LogP contribution in [0.15, 0.2) is 431 Å². The van der Waals surface area contributed by atoms with Gasteiger partial charge in [-0.15, -0.1) is 0 Å². The second-order valence-electron chi connectivity index (χ2n) is 46.9. The normalized spacial score (nSPS) is 25.1. The van der Waals surface area contributed by atoms with Gasteiger partial charge in [0.1, 0.15) is 0 Å². The first kappa shape index (κ1) is 85.5. The highest BCUT2D eigenvalue weighted by Gasteiger charge is 2.65. The van der Waals surface area contributed by atoms with Crippen molar-refractivity contribution in [2.24, 2.45) is 71.0 Å². The molecule has 0 radical (unpaired) electrons. The predicted octanol–water partition coefficient (Wildman–Crippen LogP) is 38.0. The van der Waals surface area contributed by atoms with Crippen molar-refractivity contribution in [3.8, 4) is 66.8 Å². The second kappa shape index (κ2) is 32.8. The fraction of sp³-hybridized carbons (Fsp3) is 0.231. The van der Waals surface area contributed by atoms with Gasteiger partial charge in [0.05, 0.1) is 17.1 Å². The van der Waals surface area contributed by atoms with Crippen molar-refractivity contribution in [2.45, 2.75) is 132 Å². The molecular formula is C143H119N3. The largest absolute Gasteiger partial charge is 0.310 e. The Kier molecular flexibility index (Phi) is 19.2. The lowest BCUT2D eigenvalue weighted by molar-refractivity contribution is -0.0399. The van der Waals surface area contributed by atoms with Crippen LogP contribution in [0, 0.1) is 71.0 Å². The van der Waals surface area contributed by atoms with Crippen LogP contribution >= 0.6 is 0 Å². The van der Waals surface area contributed by atoms with E-state index < -0.39 is 0 Å². The van der Waals surface area contributed by atoms with E-state index >= 15 is 0 Å². The molecule has 0 aromatic heterocycles. The summed E-state index contributed by atoms with van der Waals surface area (Å²) in [5.41, 5.74) is 40.4. The Morgan fingerprint density at radius 3 is 0.815 bits per heavy atom. The summed E-state index contributed by atoms with van der Waals surface area (Å²) < 4.78 is 0. The van der Waals surface area contributed by atoms with Gasteiger partial charge >= 0.3 is 0 Å². The second-order valence-corrected chi connectivity index (χ2v) is 46.9. The van der Waals surface area contributed by atoms with Gasteiger partial charge in [0.25, 0.3) is 0 Å². The maximum Gasteiger partial charge on any atom is 0.0540 e. The van der Waals surface area contributed by atoms with Gasteiger partial charge < -0.3 is 14.7 Å². The molecule has 16 aliphatic carbocycles. The minimum atomic E-state index is -0.0149. The summed E-state index contributed by atoms with van der Waals surface area (Å²) in [6.07, 6.45) is 21.4. The van der Waals surface area contributed by atoms with Crippen molar-refractivity contribution in [3.63, 3.8) is 0 Å². The summed E-state index contributed by atoms with van der Waals surface area (Å²) >= 11 is 0. The molecule has 20 aromatic rings. The minimum Gasteiger partial charge on any atom is -0.310 e. The Morgan fingerprint density at radius 1 is 0.164 bits per heavy atom. The first-order valence-electron chi connectivity index (χ1n) is 55.0. The zero-order valence-corrected chi connectivity index (χ0v) is 83.4. The Morgan fingerprint density at radius 2 is 0.418 bits per heavy atom. The molecular weight excluding hydrogens is 1760 g/mol. The first-order chi connectivity index (χ1) is 72.0. The maximum atomic E-state index is 2.57. The molecule has 12 bridgehead atoms. The van der Waals surface area contributed by atoms with E-state index in [1.54, 1.807) is 33.4 Å². The van der Waals surface area contributed by atoms with Gasteiger partial charge in [0, 0.05) is 71.9 Å². The van der Waals surface area contributed by atoms with Crippen LogP contribution in [0.1, 0.15) is 155 Å². The number of anilines is 9. The monoisotopic (exact) mass is 1880 g/mol. The van der Waals surface area contributed by atoms with E-state index in [-0.39, 0.29) is 21.7 Å². The van der Waals surface area contributed by atoms with Crippen molar-refractivity contribution in [2.75, 3.05) is 14.7 Å². The van der Waals surface area contributed by atoms with Crippen LogP contribution in [0.3, 0.4) is 0 Å². The lowest BCUT2D eigenvalue weighted by Crippen LogP contribution is -2.55. The molecule has 12 saturated carbocycles. The molecule has 0 aliphatic heterocycles. The van der Waals surface area contributed by atoms with E-state index in [1.807, 2.05) is 0 Å². The van der Waals surface area contributed by atoms with E-state index in [4.69, 9.17) is 0 Å². The summed E-state index contributed by atoms with van der Waals surface area (Å²) in [4.78, 5) is 7.57. The molecule has 706 valence electrons. The Balaban J connectivity index is 0.0000000995. The van der Waals surface area contributed by atoms with E-state index in [9.17, 15) is 0 Å². The highest BCUT2D eigenvalue weighted by atomic mass is 15.2. The van der Waals surface area contributed by atoms with Gasteiger partial charge in [-0.1, -0.05) is 347 Å². The van der Waals surface area contributed by atoms with Crippen molar-refractivity contribution in [1.82, 2.24) is 0 Å². The molecule has 0 saturated heterocycles. The molecule has 0 unspecified atom stereocenters. The molecule has 12 fully saturated rings. The van der Waals surface area contributed by atoms with Crippen LogP contribution in [0.2, 0.25) is 0 Å². The van der Waals surface area contributed by atoms with Crippen LogP contribution in [0.25, 0.3) is 121 Å². The number of nitrogens with zero attached hydrogens (tertiary/aromatic N) is 3. The smallest absolute Gasteiger partial charge is 0.0540 e. The van der Waals surface area contributed by atoms with Crippen molar-refractivity contribution >= 4 is 105 Å². The zero-order valence-electron chi connectivity index (χ0n) is 83.4. The van der Waals surface area contributed by atoms with Gasteiger partial charge in [-0.2, -0.15) is 0 Å². The first-order valence-corrected chi connectivity index (χ1v) is 55.0. The van der Waals surface area contributed by atoms with E-state index in [1.165, 1.54) is 279 Å². The maximum absolute atomic E-state index is 2.57. The van der Waals surface area contributed by atoms with Gasteiger partial charge in [-0.25, -0.2) is 0 Å². The summed E-state index contributed by atoms with van der Waals surface area (Å²) in [6, 6.07) is 163. The topological polar surface area (TPSA) is 9.72 Å². The van der Waals surface area contributed by atoms with E-state index in [0.717, 1.165) is 71.0 Å². The van der Waals surface area contributed by atoms with E-state index in [0.29, 0.717) is 0 Å². The number of hydrogen-bond donors (Lipinski definition) is 0. The molecule has 36 rings (SSSR count). The SMILES string of the molecule is CC1(C)c2ccccc2-c2cc(N(c3ccc4c(c3)-c3ccccc3C43C4CC5CC(C4)CC3C5)c3cccc4ccccc34)ccc21.c1cc(-c2ccc3ccccc3c2)cc(N(c2ccc3c(c2)-c2ccccc2C32C3CC4CC(C3)CC2C4)c2cccc3ccccc23)c1.c1cc(-c2cccc3ccccc23)cc(N(c2ccc3c(c2)-c2ccccc2C32C3CC4CC(C3)CC2C4)c2cccc3ccccc23)c1. The van der Waals surface area contributed by atoms with Crippen molar-refractivity contribution in [1.29, 1.82) is 0 Å². The molecule has 0 atom stereocenters. The Hall–Kier alpha value is -14.9. The van der Waals surface area contributed by atoms with Gasteiger partial charge in [-0.05, 0) is 413 Å². The van der Waals surface area contributed by atoms with E-state index in [2.05, 4.69) is 459 Å². The molecule has 0 N–H and O–H groups in total. The Bertz CT molecular complexity index is 8670. The molecule has 16 aliphatic rings. The fourth-order valence-electron chi connectivity index (χ4n) is 34.7. The third-order valence-corrected chi connectivity index (χ3v) is 39.6. The van der Waals surface area contributed by atoms with Crippen LogP contribution in [0.4, 0.5) is 51.2 Å². The fourth-order valence-corrected chi connectivity index (χ4v) is 34.7. The standard InChI is InChI=1S/2C48H39N.C47H41N/c1-3-16-40-33(10-1)12-8-19-41(40)35-14-7-15-38(29-35)49(47-21-9-13-34-11-2-4-17-42(34)47)39-22-23-46-44(30-39)43-18-5-6-20-45(43)48(46)36-25-31-24-32(27-36)28-37(48)26-31;1-2-11-35-28-37(20-19-33(35)9-1)36-13-7-14-40(29-36)49(47-18-8-12-34-10-3-4-15-42(34)47)41-21-22-46-44(30-41)43-16-5-6-17-45(43)48(46)38-24-31-23-32(26-38)27-39(48)25-31;1-46(2)41-15-7-5-13-37(41)39-27-34(18-20-42(39)46)48(45-17-9-11-31-10-3-4-12-36(31)45)35-19-21-44-40(28-35)38-14-6-8-16-43(38)47(44)32-23-29-22-30(25-32)26-33(47)24-29/h1-23,29-32,36-37H,24-28H2;1-22,28-32,38-39H,23-27H2;3-21,27-30,32-33H,22-26H2,1-2H3. The minimum absolute atomic E-state index is 0.0149. The number of benzene rings is 20. The van der Waals surface area contributed by atoms with Crippen LogP contribution < -0.4 is 14.7 Å². The zero-order chi connectivity index (χ0) is 96.0. The molecule has 0 amide bonds. The molecule has 3 heteroatoms. The number of fused-ring (bicyclic) bond motifs is 17. The van der Waals surface area contributed by atoms with Crippen molar-refractivity contribution < 1.29 is 0 Å². The van der Waals surface area contributed by atoms with Crippen LogP contribution in [-0.4, -0.2) is 0 Å². The third kappa shape index (κ3) is 12.7. The number of rotatable bonds is 11. The van der Waals surface area contributed by atoms with Gasteiger partial charge in [0.15, 0.2) is 0 Å². The lowest BCUT2D eigenvalue weighted by atomic mass is 9.43. The molecule has 3 spiro atoms. The van der Waals surface area contributed by atoms with Gasteiger partial charge in [-0.3, -0.25) is 0 Å². The summed E-state index contributed by atoms with van der Waals surface area (Å²) in [5, 5.41) is 12.7. The molecule has 0 heterocycles. The third-order valence-electron chi connectivity index (χ3n) is 39.6.